The average Bonchev–Trinajstić information content (AvgIpc) is 1.04. The number of hydrogen-bond donors (Lipinski definition) is 0. The van der Waals surface area contributed by atoms with Gasteiger partial charge in [0.25, 0.3) is 0 Å². The van der Waals surface area contributed by atoms with E-state index in [9.17, 15) is 24.0 Å². The Morgan fingerprint density at radius 2 is 0.175 bits per heavy atom. The van der Waals surface area contributed by atoms with Crippen molar-refractivity contribution in [1.29, 1.82) is 0 Å². The first-order chi connectivity index (χ1) is 58.4. The molecule has 0 saturated carbocycles. The van der Waals surface area contributed by atoms with Crippen LogP contribution in [0.4, 0.5) is 0 Å². The monoisotopic (exact) mass is 1680 g/mol. The van der Waals surface area contributed by atoms with Gasteiger partial charge in [-0.3, -0.25) is 24.0 Å². The van der Waals surface area contributed by atoms with Gasteiger partial charge < -0.3 is 0 Å². The molecule has 5 heteroatoms. The number of hydrogen-bond acceptors (Lipinski definition) is 5. The van der Waals surface area contributed by atoms with Crippen LogP contribution in [0.5, 0.6) is 0 Å². The molecule has 0 aliphatic carbocycles. The maximum absolute atomic E-state index is 11.4. The lowest BCUT2D eigenvalue weighted by Crippen LogP contribution is -1.97. The Bertz CT molecular complexity index is 2160. The number of allylic oxidation sites excluding steroid dienone is 5. The van der Waals surface area contributed by atoms with E-state index in [0.717, 1.165) is 32.1 Å². The van der Waals surface area contributed by atoms with E-state index in [2.05, 4.69) is 67.5 Å². The summed E-state index contributed by atoms with van der Waals surface area (Å²) in [6.45, 7) is 39.0. The van der Waals surface area contributed by atoms with Crippen molar-refractivity contribution < 1.29 is 24.0 Å². The maximum Gasteiger partial charge on any atom is 0.157 e. The second-order valence-corrected chi connectivity index (χ2v) is 38.1. The molecule has 0 amide bonds. The highest BCUT2D eigenvalue weighted by Crippen LogP contribution is 2.22. The second kappa shape index (κ2) is 112. The lowest BCUT2D eigenvalue weighted by atomic mass is 10.0. The van der Waals surface area contributed by atoms with Crippen LogP contribution in [0, 0.1) is 0 Å². The van der Waals surface area contributed by atoms with Crippen molar-refractivity contribution in [1.82, 2.24) is 0 Å². The van der Waals surface area contributed by atoms with E-state index in [-0.39, 0.29) is 28.9 Å². The maximum atomic E-state index is 11.4. The smallest absolute Gasteiger partial charge is 0.157 e. The third-order valence-electron chi connectivity index (χ3n) is 24.9. The molecule has 0 atom stereocenters. The molecule has 0 aromatic heterocycles. The van der Waals surface area contributed by atoms with Gasteiger partial charge in [0.15, 0.2) is 28.9 Å². The van der Waals surface area contributed by atoms with Crippen molar-refractivity contribution in [2.75, 3.05) is 0 Å². The van der Waals surface area contributed by atoms with Crippen molar-refractivity contribution in [3.63, 3.8) is 0 Å². The van der Waals surface area contributed by atoms with Crippen molar-refractivity contribution in [3.8, 4) is 0 Å². The molecular weight excluding hydrogens is 1460 g/mol. The van der Waals surface area contributed by atoms with E-state index >= 15 is 0 Å². The first-order valence-electron chi connectivity index (χ1n) is 54.3. The number of unbranched alkanes of at least 4 members (excludes halogenated alkanes) is 80. The highest BCUT2D eigenvalue weighted by Gasteiger charge is 2.08. The van der Waals surface area contributed by atoms with Gasteiger partial charge in [0.1, 0.15) is 0 Å². The predicted octanol–water partition coefficient (Wildman–Crippen LogP) is 40.9. The minimum atomic E-state index is 0.245. The lowest BCUT2D eigenvalue weighted by Gasteiger charge is -2.04. The minimum Gasteiger partial charge on any atom is -0.295 e. The van der Waals surface area contributed by atoms with Gasteiger partial charge in [0.05, 0.1) is 0 Å². The van der Waals surface area contributed by atoms with Crippen molar-refractivity contribution >= 4 is 28.9 Å². The topological polar surface area (TPSA) is 85.3 Å². The molecule has 0 heterocycles. The van der Waals surface area contributed by atoms with Crippen molar-refractivity contribution in [2.45, 2.75) is 647 Å². The second-order valence-electron chi connectivity index (χ2n) is 38.1. The molecule has 0 aromatic carbocycles. The number of Topliss-reactive ketones (excluding diaryl/α,β-unsaturated/α-hetero) is 5. The zero-order valence-electron chi connectivity index (χ0n) is 84.2. The molecule has 0 aromatic rings. The number of ketones is 5. The highest BCUT2D eigenvalue weighted by molar-refractivity contribution is 5.95. The van der Waals surface area contributed by atoms with Crippen molar-refractivity contribution in [2.24, 2.45) is 0 Å². The van der Waals surface area contributed by atoms with Crippen LogP contribution in [-0.2, 0) is 24.0 Å². The fraction of sp³-hybridized carbons (Fsp3) is 0.870. The van der Waals surface area contributed by atoms with Crippen molar-refractivity contribution in [3.05, 3.63) is 60.8 Å². The van der Waals surface area contributed by atoms with Gasteiger partial charge in [0, 0.05) is 32.1 Å². The average molecular weight is 1680 g/mol. The third-order valence-corrected chi connectivity index (χ3v) is 24.9. The van der Waals surface area contributed by atoms with Gasteiger partial charge in [-0.15, -0.1) is 0 Å². The van der Waals surface area contributed by atoms with Gasteiger partial charge >= 0.3 is 0 Å². The molecule has 0 aliphatic rings. The first-order valence-corrected chi connectivity index (χ1v) is 54.3. The van der Waals surface area contributed by atoms with E-state index in [4.69, 9.17) is 0 Å². The summed E-state index contributed by atoms with van der Waals surface area (Å²) in [5.74, 6) is 1.23. The zero-order valence-corrected chi connectivity index (χ0v) is 84.2. The third kappa shape index (κ3) is 119. The summed E-state index contributed by atoms with van der Waals surface area (Å²) in [6.07, 6.45) is 121. The molecule has 710 valence electrons. The van der Waals surface area contributed by atoms with Gasteiger partial charge in [-0.1, -0.05) is 581 Å². The van der Waals surface area contributed by atoms with E-state index in [0.29, 0.717) is 60.0 Å². The Balaban J connectivity index is -0.000000460. The molecule has 0 bridgehead atoms. The van der Waals surface area contributed by atoms with Crippen LogP contribution >= 0.6 is 0 Å². The number of rotatable bonds is 95. The van der Waals surface area contributed by atoms with E-state index in [1.54, 1.807) is 0 Å². The Labute approximate surface area is 756 Å². The molecule has 0 aliphatic heterocycles. The van der Waals surface area contributed by atoms with Crippen LogP contribution in [0.2, 0.25) is 0 Å². The van der Waals surface area contributed by atoms with E-state index in [1.807, 2.05) is 34.6 Å². The van der Waals surface area contributed by atoms with Gasteiger partial charge in [-0.2, -0.15) is 0 Å². The molecule has 0 fully saturated rings. The molecule has 0 N–H and O–H groups in total. The molecule has 0 spiro atoms. The molecule has 5 nitrogen and oxygen atoms in total. The molecule has 0 radical (unpaired) electrons. The predicted molar refractivity (Wildman–Crippen MR) is 543 cm³/mol. The van der Waals surface area contributed by atoms with Crippen LogP contribution in [0.15, 0.2) is 60.8 Å². The molecular formula is C115H220O5. The summed E-state index contributed by atoms with van der Waals surface area (Å²) in [4.78, 5) is 57.0. The SMILES string of the molecule is C=C(C)C(=O)CCCCCCCCCCCCCCCCC.C=C(C)C(=O)CCCCCCCCCCCCCCCCCC.C=C(C)C(=O)CCCCCCCCCCCCCCCCCCC.C=C(C)C(=O)CCCCCCCCCCCCCCCCCCCC.C=C(C)C(=O)CCCCCCCCCCCCCCCCCCCCC. The Kier molecular flexibility index (Phi) is 117. The molecule has 0 unspecified atom stereocenters. The highest BCUT2D eigenvalue weighted by atomic mass is 16.1. The zero-order chi connectivity index (χ0) is 89.4. The van der Waals surface area contributed by atoms with Crippen LogP contribution < -0.4 is 0 Å². The molecule has 0 rings (SSSR count). The largest absolute Gasteiger partial charge is 0.295 e. The summed E-state index contributed by atoms with van der Waals surface area (Å²) in [5, 5.41) is 0. The van der Waals surface area contributed by atoms with Crippen LogP contribution in [0.25, 0.3) is 0 Å². The van der Waals surface area contributed by atoms with Gasteiger partial charge in [-0.05, 0) is 94.6 Å². The van der Waals surface area contributed by atoms with Crippen LogP contribution in [-0.4, -0.2) is 28.9 Å². The standard InChI is InChI=1S/C25H48O.C24H46O.C23H44O.C22H42O.C21H40O/c1-4-5-6-7-8-9-10-11-12-13-14-15-16-17-18-19-20-21-22-23-25(26)24(2)3;1-4-5-6-7-8-9-10-11-12-13-14-15-16-17-18-19-20-21-22-24(25)23(2)3;1-4-5-6-7-8-9-10-11-12-13-14-15-16-17-18-19-20-21-23(24)22(2)3;1-4-5-6-7-8-9-10-11-12-13-14-15-16-17-18-19-20-22(23)21(2)3;1-4-5-6-7-8-9-10-11-12-13-14-15-16-17-18-19-21(22)20(2)3/h2,4-23H2,1,3H3;2,4-22H2,1,3H3;2,4-21H2,1,3H3;2,4-20H2,1,3H3;2,4-19H2,1,3H3. The number of carbonyl (C=O) groups is 5. The van der Waals surface area contributed by atoms with Gasteiger partial charge in [-0.25, -0.2) is 0 Å². The lowest BCUT2D eigenvalue weighted by molar-refractivity contribution is -0.116. The van der Waals surface area contributed by atoms with E-state index < -0.39 is 0 Å². The van der Waals surface area contributed by atoms with Crippen LogP contribution in [0.3, 0.4) is 0 Å². The summed E-state index contributed by atoms with van der Waals surface area (Å²) in [5.41, 5.74) is 3.57. The Morgan fingerprint density at radius 1 is 0.117 bits per heavy atom. The van der Waals surface area contributed by atoms with Gasteiger partial charge in [0.2, 0.25) is 0 Å². The fourth-order valence-electron chi connectivity index (χ4n) is 16.1. The molecule has 0 saturated heterocycles. The normalized spacial score (nSPS) is 10.9. The summed E-state index contributed by atoms with van der Waals surface area (Å²) in [6, 6.07) is 0. The fourth-order valence-corrected chi connectivity index (χ4v) is 16.1. The Morgan fingerprint density at radius 3 is 0.233 bits per heavy atom. The minimum absolute atomic E-state index is 0.245. The van der Waals surface area contributed by atoms with Crippen LogP contribution in [0.1, 0.15) is 647 Å². The number of carbonyl (C=O) groups excluding carboxylic acids is 5. The summed E-state index contributed by atoms with van der Waals surface area (Å²) >= 11 is 0. The quantitative estimate of drug-likeness (QED) is 0.0447. The Hall–Kier alpha value is -2.95. The first kappa shape index (κ1) is 126. The summed E-state index contributed by atoms with van der Waals surface area (Å²) < 4.78 is 0. The van der Waals surface area contributed by atoms with E-state index in [1.165, 1.54) is 514 Å². The molecule has 120 heavy (non-hydrogen) atoms. The summed E-state index contributed by atoms with van der Waals surface area (Å²) in [7, 11) is 0.